The van der Waals surface area contributed by atoms with Crippen molar-refractivity contribution in [3.05, 3.63) is 52.5 Å². The maximum atomic E-state index is 9.38. The average molecular weight is 309 g/mol. The van der Waals surface area contributed by atoms with Crippen molar-refractivity contribution in [3.63, 3.8) is 0 Å². The minimum atomic E-state index is 0.554. The Morgan fingerprint density at radius 3 is 2.64 bits per heavy atom. The first-order valence-corrected chi connectivity index (χ1v) is 7.94. The standard InChI is InChI=1S/C17H15N3OS/c1-10-11(2)13(8-18)17(19-12(10)3)22-9-16-20-14-6-4-5-7-15(14)21-16/h4-7H,9H2,1-3H3. The molecule has 3 rings (SSSR count). The van der Waals surface area contributed by atoms with Gasteiger partial charge < -0.3 is 4.42 Å². The molecule has 0 N–H and O–H groups in total. The Balaban J connectivity index is 1.89. The molecule has 0 aliphatic heterocycles. The molecule has 0 aliphatic rings. The number of nitrogens with zero attached hydrogens (tertiary/aromatic N) is 3. The highest BCUT2D eigenvalue weighted by Crippen LogP contribution is 2.29. The molecule has 110 valence electrons. The van der Waals surface area contributed by atoms with E-state index < -0.39 is 0 Å². The second kappa shape index (κ2) is 5.82. The van der Waals surface area contributed by atoms with E-state index in [1.165, 1.54) is 11.8 Å². The number of benzene rings is 1. The molecular formula is C17H15N3OS. The fourth-order valence-corrected chi connectivity index (χ4v) is 3.19. The van der Waals surface area contributed by atoms with Crippen LogP contribution in [0.1, 0.15) is 28.3 Å². The van der Waals surface area contributed by atoms with Crippen LogP contribution in [0.3, 0.4) is 0 Å². The molecule has 0 fully saturated rings. The van der Waals surface area contributed by atoms with E-state index >= 15 is 0 Å². The number of fused-ring (bicyclic) bond motifs is 1. The maximum absolute atomic E-state index is 9.38. The highest BCUT2D eigenvalue weighted by Gasteiger charge is 2.14. The summed E-state index contributed by atoms with van der Waals surface area (Å²) in [6.45, 7) is 5.92. The summed E-state index contributed by atoms with van der Waals surface area (Å²) in [6, 6.07) is 9.94. The summed E-state index contributed by atoms with van der Waals surface area (Å²) in [7, 11) is 0. The minimum Gasteiger partial charge on any atom is -0.440 e. The van der Waals surface area contributed by atoms with Gasteiger partial charge in [-0.3, -0.25) is 0 Å². The lowest BCUT2D eigenvalue weighted by Crippen LogP contribution is -1.99. The van der Waals surface area contributed by atoms with E-state index in [0.29, 0.717) is 17.2 Å². The van der Waals surface area contributed by atoms with Crippen LogP contribution >= 0.6 is 11.8 Å². The van der Waals surface area contributed by atoms with Gasteiger partial charge >= 0.3 is 0 Å². The Kier molecular flexibility index (Phi) is 3.86. The van der Waals surface area contributed by atoms with Gasteiger partial charge in [-0.05, 0) is 44.0 Å². The van der Waals surface area contributed by atoms with E-state index in [0.717, 1.165) is 32.9 Å². The molecule has 0 unspecified atom stereocenters. The predicted molar refractivity (Wildman–Crippen MR) is 86.7 cm³/mol. The second-order valence-corrected chi connectivity index (χ2v) is 6.07. The summed E-state index contributed by atoms with van der Waals surface area (Å²) >= 11 is 1.49. The first-order chi connectivity index (χ1) is 10.6. The van der Waals surface area contributed by atoms with Crippen molar-refractivity contribution < 1.29 is 4.42 Å². The van der Waals surface area contributed by atoms with Crippen LogP contribution in [-0.2, 0) is 5.75 Å². The van der Waals surface area contributed by atoms with Gasteiger partial charge in [0.05, 0.1) is 11.3 Å². The Bertz CT molecular complexity index is 860. The molecule has 5 heteroatoms. The lowest BCUT2D eigenvalue weighted by molar-refractivity contribution is 0.556. The van der Waals surface area contributed by atoms with Gasteiger partial charge in [0, 0.05) is 5.69 Å². The number of thioether (sulfide) groups is 1. The van der Waals surface area contributed by atoms with Gasteiger partial charge in [-0.1, -0.05) is 23.9 Å². The molecule has 0 bridgehead atoms. The van der Waals surface area contributed by atoms with E-state index in [1.54, 1.807) is 0 Å². The molecule has 3 aromatic rings. The van der Waals surface area contributed by atoms with Gasteiger partial charge in [-0.15, -0.1) is 0 Å². The van der Waals surface area contributed by atoms with Crippen molar-refractivity contribution in [1.29, 1.82) is 5.26 Å². The minimum absolute atomic E-state index is 0.554. The molecule has 0 amide bonds. The normalized spacial score (nSPS) is 10.8. The quantitative estimate of drug-likeness (QED) is 0.674. The van der Waals surface area contributed by atoms with Crippen LogP contribution in [0.5, 0.6) is 0 Å². The van der Waals surface area contributed by atoms with Crippen LogP contribution in [-0.4, -0.2) is 9.97 Å². The topological polar surface area (TPSA) is 62.7 Å². The van der Waals surface area contributed by atoms with E-state index in [-0.39, 0.29) is 0 Å². The van der Waals surface area contributed by atoms with Crippen molar-refractivity contribution in [2.75, 3.05) is 0 Å². The van der Waals surface area contributed by atoms with Crippen LogP contribution in [0.25, 0.3) is 11.1 Å². The molecule has 2 aromatic heterocycles. The molecule has 0 saturated heterocycles. The number of rotatable bonds is 3. The zero-order valence-electron chi connectivity index (χ0n) is 12.7. The van der Waals surface area contributed by atoms with Crippen molar-refractivity contribution in [1.82, 2.24) is 9.97 Å². The van der Waals surface area contributed by atoms with Crippen molar-refractivity contribution >= 4 is 22.9 Å². The van der Waals surface area contributed by atoms with Gasteiger partial charge in [0.25, 0.3) is 0 Å². The summed E-state index contributed by atoms with van der Waals surface area (Å²) in [6.07, 6.45) is 0. The number of hydrogen-bond donors (Lipinski definition) is 0. The first kappa shape index (κ1) is 14.6. The number of pyridine rings is 1. The molecule has 2 heterocycles. The van der Waals surface area contributed by atoms with Gasteiger partial charge in [0.1, 0.15) is 16.6 Å². The summed E-state index contributed by atoms with van der Waals surface area (Å²) in [5.41, 5.74) is 5.30. The van der Waals surface area contributed by atoms with Crippen LogP contribution in [0.4, 0.5) is 0 Å². The summed E-state index contributed by atoms with van der Waals surface area (Å²) in [5.74, 6) is 1.20. The van der Waals surface area contributed by atoms with E-state index in [1.807, 2.05) is 45.0 Å². The van der Waals surface area contributed by atoms with E-state index in [9.17, 15) is 5.26 Å². The number of aromatic nitrogens is 2. The summed E-state index contributed by atoms with van der Waals surface area (Å²) in [5, 5.41) is 10.1. The first-order valence-electron chi connectivity index (χ1n) is 6.95. The maximum Gasteiger partial charge on any atom is 0.205 e. The van der Waals surface area contributed by atoms with Crippen molar-refractivity contribution in [2.45, 2.75) is 31.6 Å². The third kappa shape index (κ3) is 2.58. The summed E-state index contributed by atoms with van der Waals surface area (Å²) in [4.78, 5) is 8.99. The molecule has 1 aromatic carbocycles. The molecule has 0 aliphatic carbocycles. The molecule has 0 saturated carbocycles. The molecule has 0 atom stereocenters. The predicted octanol–water partition coefficient (Wildman–Crippen LogP) is 4.31. The molecule has 0 radical (unpaired) electrons. The molecule has 4 nitrogen and oxygen atoms in total. The number of oxazole rings is 1. The van der Waals surface area contributed by atoms with Crippen LogP contribution in [0, 0.1) is 32.1 Å². The fourth-order valence-electron chi connectivity index (χ4n) is 2.26. The fraction of sp³-hybridized carbons (Fsp3) is 0.235. The average Bonchev–Trinajstić information content (AvgIpc) is 2.93. The second-order valence-electron chi connectivity index (χ2n) is 5.10. The monoisotopic (exact) mass is 309 g/mol. The highest BCUT2D eigenvalue weighted by atomic mass is 32.2. The van der Waals surface area contributed by atoms with Gasteiger partial charge in [0.15, 0.2) is 5.58 Å². The lowest BCUT2D eigenvalue weighted by atomic mass is 10.1. The zero-order chi connectivity index (χ0) is 15.7. The van der Waals surface area contributed by atoms with E-state index in [4.69, 9.17) is 4.42 Å². The van der Waals surface area contributed by atoms with Gasteiger partial charge in [-0.2, -0.15) is 5.26 Å². The summed E-state index contributed by atoms with van der Waals surface area (Å²) < 4.78 is 5.70. The third-order valence-electron chi connectivity index (χ3n) is 3.75. The SMILES string of the molecule is Cc1nc(SCc2nc3ccccc3o2)c(C#N)c(C)c1C. The highest BCUT2D eigenvalue weighted by molar-refractivity contribution is 7.98. The Labute approximate surface area is 133 Å². The van der Waals surface area contributed by atoms with Crippen molar-refractivity contribution in [2.24, 2.45) is 0 Å². The number of hydrogen-bond acceptors (Lipinski definition) is 5. The van der Waals surface area contributed by atoms with Crippen molar-refractivity contribution in [3.8, 4) is 6.07 Å². The van der Waals surface area contributed by atoms with Crippen LogP contribution in [0.15, 0.2) is 33.7 Å². The smallest absolute Gasteiger partial charge is 0.205 e. The largest absolute Gasteiger partial charge is 0.440 e. The van der Waals surface area contributed by atoms with Gasteiger partial charge in [-0.25, -0.2) is 9.97 Å². The number of para-hydroxylation sites is 2. The Morgan fingerprint density at radius 2 is 1.91 bits per heavy atom. The molecule has 0 spiro atoms. The third-order valence-corrected chi connectivity index (χ3v) is 4.71. The van der Waals surface area contributed by atoms with Crippen LogP contribution in [0.2, 0.25) is 0 Å². The number of aryl methyl sites for hydroxylation is 1. The molecule has 22 heavy (non-hydrogen) atoms. The molecular weight excluding hydrogens is 294 g/mol. The Hall–Kier alpha value is -2.32. The number of nitriles is 1. The lowest BCUT2D eigenvalue weighted by Gasteiger charge is -2.10. The zero-order valence-corrected chi connectivity index (χ0v) is 13.5. The van der Waals surface area contributed by atoms with Gasteiger partial charge in [0.2, 0.25) is 5.89 Å². The van der Waals surface area contributed by atoms with E-state index in [2.05, 4.69) is 16.0 Å². The Morgan fingerprint density at radius 1 is 1.14 bits per heavy atom. The van der Waals surface area contributed by atoms with Crippen LogP contribution < -0.4 is 0 Å².